The Morgan fingerprint density at radius 3 is 2.38 bits per heavy atom. The Balaban J connectivity index is 2.89. The third-order valence-electron chi connectivity index (χ3n) is 2.22. The van der Waals surface area contributed by atoms with Gasteiger partial charge in [-0.05, 0) is 0 Å². The number of rotatable bonds is 2. The molecule has 0 bridgehead atoms. The summed E-state index contributed by atoms with van der Waals surface area (Å²) < 4.78 is 8.94. The largest absolute Gasteiger partial charge is 0.406 e. The molecule has 16 heavy (non-hydrogen) atoms. The monoisotopic (exact) mass is 238 g/mol. The van der Waals surface area contributed by atoms with Gasteiger partial charge in [0.2, 0.25) is 0 Å². The molecule has 1 aliphatic heterocycles. The zero-order valence-electron chi connectivity index (χ0n) is 8.48. The molecule has 94 valence electrons. The molecule has 8 nitrogen and oxygen atoms in total. The summed E-state index contributed by atoms with van der Waals surface area (Å²) in [7, 11) is 0. The van der Waals surface area contributed by atoms with Crippen LogP contribution in [-0.4, -0.2) is 68.5 Å². The molecule has 0 aromatic rings. The summed E-state index contributed by atoms with van der Waals surface area (Å²) in [4.78, 5) is 10.7. The van der Waals surface area contributed by atoms with Crippen LogP contribution in [0.25, 0.3) is 0 Å². The highest BCUT2D eigenvalue weighted by atomic mass is 16.8. The van der Waals surface area contributed by atoms with Crippen molar-refractivity contribution in [3.8, 4) is 0 Å². The molecule has 0 unspecified atom stereocenters. The second-order valence-corrected chi connectivity index (χ2v) is 3.49. The standard InChI is InChI=1S/C8H14O8/c1-3(10)15-8(14)7(13)6(12)5(11)4(2-9)16-8/h4-7,9,11-14H,2H2,1H3/t4-,5-,6+,7+,8-/m1/s1. The minimum Gasteiger partial charge on any atom is -0.406 e. The molecule has 5 N–H and O–H groups in total. The van der Waals surface area contributed by atoms with E-state index in [1.165, 1.54) is 0 Å². The first-order chi connectivity index (χ1) is 7.31. The first-order valence-electron chi connectivity index (χ1n) is 4.56. The van der Waals surface area contributed by atoms with Crippen LogP contribution >= 0.6 is 0 Å². The Hall–Kier alpha value is -0.770. The van der Waals surface area contributed by atoms with Gasteiger partial charge in [-0.25, -0.2) is 0 Å². The van der Waals surface area contributed by atoms with Crippen molar-refractivity contribution in [1.82, 2.24) is 0 Å². The first-order valence-corrected chi connectivity index (χ1v) is 4.56. The average Bonchev–Trinajstić information content (AvgIpc) is 2.20. The fourth-order valence-corrected chi connectivity index (χ4v) is 1.41. The lowest BCUT2D eigenvalue weighted by Gasteiger charge is -2.43. The number of carbonyl (C=O) groups excluding carboxylic acids is 1. The Morgan fingerprint density at radius 2 is 1.94 bits per heavy atom. The van der Waals surface area contributed by atoms with Gasteiger partial charge in [0.1, 0.15) is 18.3 Å². The molecule has 0 aromatic heterocycles. The SMILES string of the molecule is CC(=O)O[C@@]1(O)O[C@H](CO)[C@@H](O)[C@H](O)[C@@H]1O. The van der Waals surface area contributed by atoms with E-state index in [0.717, 1.165) is 6.92 Å². The lowest BCUT2D eigenvalue weighted by atomic mass is 9.98. The summed E-state index contributed by atoms with van der Waals surface area (Å²) in [6.45, 7) is 0.230. The molecule has 0 radical (unpaired) electrons. The van der Waals surface area contributed by atoms with Gasteiger partial charge >= 0.3 is 11.9 Å². The predicted molar refractivity (Wildman–Crippen MR) is 46.7 cm³/mol. The number of aliphatic hydroxyl groups excluding tert-OH is 4. The molecule has 0 amide bonds. The molecule has 1 fully saturated rings. The second-order valence-electron chi connectivity index (χ2n) is 3.49. The van der Waals surface area contributed by atoms with Crippen LogP contribution in [0.5, 0.6) is 0 Å². The summed E-state index contributed by atoms with van der Waals surface area (Å²) in [6, 6.07) is 0. The van der Waals surface area contributed by atoms with Crippen molar-refractivity contribution in [1.29, 1.82) is 0 Å². The molecule has 1 aliphatic rings. The Kier molecular flexibility index (Phi) is 3.84. The highest BCUT2D eigenvalue weighted by molar-refractivity contribution is 5.66. The van der Waals surface area contributed by atoms with E-state index in [4.69, 9.17) is 5.11 Å². The van der Waals surface area contributed by atoms with Gasteiger partial charge in [0.05, 0.1) is 6.61 Å². The zero-order valence-corrected chi connectivity index (χ0v) is 8.48. The van der Waals surface area contributed by atoms with E-state index in [2.05, 4.69) is 9.47 Å². The van der Waals surface area contributed by atoms with E-state index < -0.39 is 43.0 Å². The maximum Gasteiger partial charge on any atom is 0.357 e. The summed E-state index contributed by atoms with van der Waals surface area (Å²) in [6.07, 6.45) is -6.82. The number of hydrogen-bond donors (Lipinski definition) is 5. The number of hydrogen-bond acceptors (Lipinski definition) is 8. The quantitative estimate of drug-likeness (QED) is 0.249. The average molecular weight is 238 g/mol. The summed E-state index contributed by atoms with van der Waals surface area (Å²) in [5.41, 5.74) is 0. The molecule has 1 heterocycles. The van der Waals surface area contributed by atoms with E-state index in [9.17, 15) is 25.2 Å². The lowest BCUT2D eigenvalue weighted by molar-refractivity contribution is -0.433. The fourth-order valence-electron chi connectivity index (χ4n) is 1.41. The van der Waals surface area contributed by atoms with Gasteiger partial charge in [-0.3, -0.25) is 4.79 Å². The smallest absolute Gasteiger partial charge is 0.357 e. The van der Waals surface area contributed by atoms with Crippen LogP contribution in [0.4, 0.5) is 0 Å². The van der Waals surface area contributed by atoms with Crippen molar-refractivity contribution in [2.24, 2.45) is 0 Å². The Labute approximate surface area is 90.6 Å². The van der Waals surface area contributed by atoms with Crippen molar-refractivity contribution in [2.45, 2.75) is 37.3 Å². The molecule has 8 heteroatoms. The maximum atomic E-state index is 10.7. The molecule has 0 aliphatic carbocycles. The zero-order chi connectivity index (χ0) is 12.5. The van der Waals surface area contributed by atoms with Crippen LogP contribution in [0, 0.1) is 0 Å². The van der Waals surface area contributed by atoms with Crippen molar-refractivity contribution < 1.29 is 39.8 Å². The Morgan fingerprint density at radius 1 is 1.38 bits per heavy atom. The van der Waals surface area contributed by atoms with E-state index in [-0.39, 0.29) is 0 Å². The minimum atomic E-state index is -2.78. The normalized spacial score (nSPS) is 44.1. The van der Waals surface area contributed by atoms with Crippen molar-refractivity contribution in [3.63, 3.8) is 0 Å². The van der Waals surface area contributed by atoms with Gasteiger partial charge in [0.25, 0.3) is 0 Å². The maximum absolute atomic E-state index is 10.7. The van der Waals surface area contributed by atoms with Crippen LogP contribution < -0.4 is 0 Å². The lowest BCUT2D eigenvalue weighted by Crippen LogP contribution is -2.66. The van der Waals surface area contributed by atoms with Crippen molar-refractivity contribution in [3.05, 3.63) is 0 Å². The van der Waals surface area contributed by atoms with Crippen LogP contribution in [0.1, 0.15) is 6.92 Å². The number of ether oxygens (including phenoxy) is 2. The van der Waals surface area contributed by atoms with Crippen LogP contribution in [-0.2, 0) is 14.3 Å². The van der Waals surface area contributed by atoms with E-state index >= 15 is 0 Å². The molecule has 1 saturated heterocycles. The van der Waals surface area contributed by atoms with E-state index in [1.807, 2.05) is 0 Å². The summed E-state index contributed by atoms with van der Waals surface area (Å²) in [5.74, 6) is -3.74. The molecule has 0 saturated carbocycles. The van der Waals surface area contributed by atoms with Gasteiger partial charge < -0.3 is 35.0 Å². The Bertz CT molecular complexity index is 267. The van der Waals surface area contributed by atoms with Crippen LogP contribution in [0.3, 0.4) is 0 Å². The van der Waals surface area contributed by atoms with Crippen LogP contribution in [0.2, 0.25) is 0 Å². The minimum absolute atomic E-state index is 0.728. The van der Waals surface area contributed by atoms with Gasteiger partial charge in [-0.15, -0.1) is 0 Å². The summed E-state index contributed by atoms with van der Waals surface area (Å²) in [5, 5.41) is 46.5. The predicted octanol–water partition coefficient (Wildman–Crippen LogP) is -3.33. The first kappa shape index (κ1) is 13.3. The van der Waals surface area contributed by atoms with Gasteiger partial charge in [-0.2, -0.15) is 0 Å². The molecule has 5 atom stereocenters. The van der Waals surface area contributed by atoms with Gasteiger partial charge in [-0.1, -0.05) is 0 Å². The number of aliphatic hydroxyl groups is 5. The van der Waals surface area contributed by atoms with Gasteiger partial charge in [0, 0.05) is 6.92 Å². The molecular formula is C8H14O8. The highest BCUT2D eigenvalue weighted by Gasteiger charge is 2.55. The summed E-state index contributed by atoms with van der Waals surface area (Å²) >= 11 is 0. The molecule has 0 aromatic carbocycles. The number of esters is 1. The topological polar surface area (TPSA) is 137 Å². The molecular weight excluding hydrogens is 224 g/mol. The van der Waals surface area contributed by atoms with E-state index in [0.29, 0.717) is 0 Å². The molecule has 1 rings (SSSR count). The van der Waals surface area contributed by atoms with Crippen molar-refractivity contribution >= 4 is 5.97 Å². The molecule has 0 spiro atoms. The van der Waals surface area contributed by atoms with Crippen molar-refractivity contribution in [2.75, 3.05) is 6.61 Å². The van der Waals surface area contributed by atoms with E-state index in [1.54, 1.807) is 0 Å². The second kappa shape index (κ2) is 4.62. The number of carbonyl (C=O) groups is 1. The third kappa shape index (κ3) is 2.32. The van der Waals surface area contributed by atoms with Gasteiger partial charge in [0.15, 0.2) is 6.10 Å². The third-order valence-corrected chi connectivity index (χ3v) is 2.22. The van der Waals surface area contributed by atoms with Crippen LogP contribution in [0.15, 0.2) is 0 Å². The highest BCUT2D eigenvalue weighted by Crippen LogP contribution is 2.29. The fraction of sp³-hybridized carbons (Fsp3) is 0.875.